The summed E-state index contributed by atoms with van der Waals surface area (Å²) in [6.45, 7) is 8.63. The topological polar surface area (TPSA) is 55.2 Å². The smallest absolute Gasteiger partial charge is 0.371 e. The van der Waals surface area contributed by atoms with Gasteiger partial charge in [-0.15, -0.1) is 0 Å². The van der Waals surface area contributed by atoms with E-state index < -0.39 is 0 Å². The normalized spacial score (nSPS) is 14.3. The second kappa shape index (κ2) is 10.1. The van der Waals surface area contributed by atoms with Crippen molar-refractivity contribution in [1.82, 2.24) is 9.55 Å². The molecule has 8 heteroatoms. The van der Waals surface area contributed by atoms with Crippen LogP contribution < -0.4 is 4.90 Å². The molecule has 0 unspecified atom stereocenters. The second-order valence-electron chi connectivity index (χ2n) is 7.80. The average molecular weight is 481 g/mol. The van der Waals surface area contributed by atoms with Crippen LogP contribution in [0, 0.1) is 19.8 Å². The molecule has 0 atom stereocenters. The molecule has 3 heterocycles. The molecule has 5 nitrogen and oxygen atoms in total. The highest BCUT2D eigenvalue weighted by Gasteiger charge is 2.23. The molecule has 0 spiro atoms. The number of hydrogen-bond acceptors (Lipinski definition) is 4. The molecule has 1 saturated heterocycles. The van der Waals surface area contributed by atoms with Crippen molar-refractivity contribution in [2.45, 2.75) is 40.0 Å². The molecule has 0 saturated carbocycles. The SMILES string of the molecule is CCC1CCN(c2cc(C)nc3c2c(C)cn3-c2c(Cl)cc(Cl)cc2Cl)CC1.O=C=O. The molecule has 0 radical (unpaired) electrons. The van der Waals surface area contributed by atoms with Crippen LogP contribution in [-0.4, -0.2) is 28.8 Å². The predicted octanol–water partition coefficient (Wildman–Crippen LogP) is 6.65. The fourth-order valence-corrected chi connectivity index (χ4v) is 5.28. The van der Waals surface area contributed by atoms with E-state index in [2.05, 4.69) is 31.0 Å². The standard InChI is InChI=1S/C22H24Cl3N3.CO2/c1-4-15-5-7-27(8-6-15)19-9-14(3)26-22-20(19)13(2)12-28(22)21-17(24)10-16(23)11-18(21)25;2-1-3/h9-12,15H,4-8H2,1-3H3;. The molecule has 0 aliphatic carbocycles. The van der Waals surface area contributed by atoms with Crippen molar-refractivity contribution in [3.63, 3.8) is 0 Å². The molecule has 2 aromatic heterocycles. The van der Waals surface area contributed by atoms with Gasteiger partial charge in [-0.1, -0.05) is 48.1 Å². The first-order chi connectivity index (χ1) is 14.8. The quantitative estimate of drug-likeness (QED) is 0.421. The van der Waals surface area contributed by atoms with Gasteiger partial charge in [-0.05, 0) is 56.4 Å². The molecule has 4 rings (SSSR count). The third kappa shape index (κ3) is 4.91. The fourth-order valence-electron chi connectivity index (χ4n) is 4.28. The number of rotatable bonds is 3. The molecule has 1 fully saturated rings. The number of aromatic nitrogens is 2. The lowest BCUT2D eigenvalue weighted by atomic mass is 9.94. The van der Waals surface area contributed by atoms with Crippen LogP contribution >= 0.6 is 34.8 Å². The van der Waals surface area contributed by atoms with E-state index in [0.717, 1.165) is 41.6 Å². The Balaban J connectivity index is 0.000000858. The molecular weight excluding hydrogens is 457 g/mol. The van der Waals surface area contributed by atoms with E-state index in [1.54, 1.807) is 12.1 Å². The summed E-state index contributed by atoms with van der Waals surface area (Å²) in [6.07, 6.45) is 6.07. The summed E-state index contributed by atoms with van der Waals surface area (Å²) in [5, 5.41) is 2.73. The number of halogens is 3. The van der Waals surface area contributed by atoms with Crippen LogP contribution in [0.3, 0.4) is 0 Å². The number of carbonyl (C=O) groups excluding carboxylic acids is 2. The monoisotopic (exact) mass is 479 g/mol. The molecule has 1 aromatic carbocycles. The number of piperidine rings is 1. The Bertz CT molecular complexity index is 1110. The lowest BCUT2D eigenvalue weighted by Crippen LogP contribution is -2.33. The minimum Gasteiger partial charge on any atom is -0.371 e. The van der Waals surface area contributed by atoms with E-state index in [1.165, 1.54) is 30.3 Å². The van der Waals surface area contributed by atoms with Gasteiger partial charge in [-0.3, -0.25) is 4.57 Å². The number of benzene rings is 1. The van der Waals surface area contributed by atoms with E-state index >= 15 is 0 Å². The maximum Gasteiger partial charge on any atom is 0.373 e. The Labute approximate surface area is 196 Å². The first kappa shape index (κ1) is 23.6. The lowest BCUT2D eigenvalue weighted by molar-refractivity contribution is -0.191. The van der Waals surface area contributed by atoms with Crippen molar-refractivity contribution < 1.29 is 9.59 Å². The number of anilines is 1. The molecule has 1 aliphatic rings. The minimum atomic E-state index is 0.250. The highest BCUT2D eigenvalue weighted by atomic mass is 35.5. The molecule has 0 bridgehead atoms. The zero-order valence-corrected chi connectivity index (χ0v) is 20.0. The van der Waals surface area contributed by atoms with Crippen LogP contribution in [0.25, 0.3) is 16.7 Å². The Morgan fingerprint density at radius 1 is 1.06 bits per heavy atom. The van der Waals surface area contributed by atoms with Crippen molar-refractivity contribution in [3.05, 3.63) is 50.7 Å². The van der Waals surface area contributed by atoms with Crippen molar-refractivity contribution in [1.29, 1.82) is 0 Å². The summed E-state index contributed by atoms with van der Waals surface area (Å²) in [7, 11) is 0. The van der Waals surface area contributed by atoms with Crippen LogP contribution in [0.4, 0.5) is 5.69 Å². The summed E-state index contributed by atoms with van der Waals surface area (Å²) in [5.74, 6) is 0.840. The largest absolute Gasteiger partial charge is 0.373 e. The van der Waals surface area contributed by atoms with Crippen molar-refractivity contribution >= 4 is 57.7 Å². The minimum absolute atomic E-state index is 0.250. The van der Waals surface area contributed by atoms with E-state index in [0.29, 0.717) is 15.1 Å². The molecule has 0 N–H and O–H groups in total. The summed E-state index contributed by atoms with van der Waals surface area (Å²) < 4.78 is 2.00. The fraction of sp³-hybridized carbons (Fsp3) is 0.391. The zero-order valence-electron chi connectivity index (χ0n) is 17.7. The van der Waals surface area contributed by atoms with Gasteiger partial charge in [0.1, 0.15) is 5.65 Å². The third-order valence-electron chi connectivity index (χ3n) is 5.81. The molecule has 3 aromatic rings. The van der Waals surface area contributed by atoms with Gasteiger partial charge in [-0.25, -0.2) is 4.98 Å². The van der Waals surface area contributed by atoms with Crippen molar-refractivity contribution in [3.8, 4) is 5.69 Å². The Morgan fingerprint density at radius 3 is 2.19 bits per heavy atom. The van der Waals surface area contributed by atoms with Crippen molar-refractivity contribution in [2.24, 2.45) is 5.92 Å². The van der Waals surface area contributed by atoms with Crippen LogP contribution in [0.2, 0.25) is 15.1 Å². The maximum absolute atomic E-state index is 8.12. The molecule has 31 heavy (non-hydrogen) atoms. The van der Waals surface area contributed by atoms with Crippen LogP contribution in [0.5, 0.6) is 0 Å². The number of pyridine rings is 1. The number of hydrogen-bond donors (Lipinski definition) is 0. The molecule has 0 amide bonds. The molecule has 1 aliphatic heterocycles. The number of fused-ring (bicyclic) bond motifs is 1. The summed E-state index contributed by atoms with van der Waals surface area (Å²) >= 11 is 19.1. The van der Waals surface area contributed by atoms with Gasteiger partial charge in [0.05, 0.1) is 15.7 Å². The van der Waals surface area contributed by atoms with Crippen LogP contribution in [-0.2, 0) is 9.59 Å². The molecular formula is C23H24Cl3N3O2. The Hall–Kier alpha value is -2.04. The van der Waals surface area contributed by atoms with Gasteiger partial charge >= 0.3 is 6.15 Å². The highest BCUT2D eigenvalue weighted by Crippen LogP contribution is 2.39. The first-order valence-corrected chi connectivity index (χ1v) is 11.3. The van der Waals surface area contributed by atoms with Crippen molar-refractivity contribution in [2.75, 3.05) is 18.0 Å². The lowest BCUT2D eigenvalue weighted by Gasteiger charge is -2.34. The predicted molar refractivity (Wildman–Crippen MR) is 126 cm³/mol. The van der Waals surface area contributed by atoms with Gasteiger partial charge in [0, 0.05) is 41.1 Å². The Morgan fingerprint density at radius 2 is 1.65 bits per heavy atom. The zero-order chi connectivity index (χ0) is 22.7. The number of aryl methyl sites for hydroxylation is 2. The highest BCUT2D eigenvalue weighted by molar-refractivity contribution is 6.40. The first-order valence-electron chi connectivity index (χ1n) is 10.2. The van der Waals surface area contributed by atoms with Crippen LogP contribution in [0.15, 0.2) is 24.4 Å². The van der Waals surface area contributed by atoms with E-state index in [-0.39, 0.29) is 6.15 Å². The van der Waals surface area contributed by atoms with Gasteiger partial charge in [-0.2, -0.15) is 9.59 Å². The van der Waals surface area contributed by atoms with Gasteiger partial charge in [0.2, 0.25) is 0 Å². The summed E-state index contributed by atoms with van der Waals surface area (Å²) in [5.41, 5.74) is 5.02. The van der Waals surface area contributed by atoms with E-state index in [1.807, 2.05) is 11.5 Å². The van der Waals surface area contributed by atoms with Gasteiger partial charge in [0.25, 0.3) is 0 Å². The number of nitrogens with zero attached hydrogens (tertiary/aromatic N) is 3. The third-order valence-corrected chi connectivity index (χ3v) is 6.60. The summed E-state index contributed by atoms with van der Waals surface area (Å²) in [6, 6.07) is 5.65. The van der Waals surface area contributed by atoms with E-state index in [4.69, 9.17) is 49.4 Å². The van der Waals surface area contributed by atoms with E-state index in [9.17, 15) is 0 Å². The maximum atomic E-state index is 8.12. The molecule has 164 valence electrons. The second-order valence-corrected chi connectivity index (χ2v) is 9.05. The van der Waals surface area contributed by atoms with Gasteiger partial charge in [0.15, 0.2) is 0 Å². The van der Waals surface area contributed by atoms with Gasteiger partial charge < -0.3 is 4.90 Å². The Kier molecular flexibility index (Phi) is 7.66. The average Bonchev–Trinajstić information content (AvgIpc) is 3.03. The summed E-state index contributed by atoms with van der Waals surface area (Å²) in [4.78, 5) is 23.6. The van der Waals surface area contributed by atoms with Crippen LogP contribution in [0.1, 0.15) is 37.4 Å².